The fraction of sp³-hybridized carbons (Fsp3) is 0.278. The van der Waals surface area contributed by atoms with Crippen molar-refractivity contribution in [1.29, 1.82) is 0 Å². The highest BCUT2D eigenvalue weighted by molar-refractivity contribution is 5.49. The van der Waals surface area contributed by atoms with Crippen LogP contribution in [0.2, 0.25) is 0 Å². The largest absolute Gasteiger partial charge is 0.507 e. The van der Waals surface area contributed by atoms with Gasteiger partial charge in [-0.1, -0.05) is 42.5 Å². The van der Waals surface area contributed by atoms with Gasteiger partial charge in [0.25, 0.3) is 5.56 Å². The van der Waals surface area contributed by atoms with Crippen molar-refractivity contribution in [3.63, 3.8) is 0 Å². The van der Waals surface area contributed by atoms with Crippen molar-refractivity contribution in [2.24, 2.45) is 5.92 Å². The van der Waals surface area contributed by atoms with Gasteiger partial charge in [-0.05, 0) is 36.8 Å². The van der Waals surface area contributed by atoms with Gasteiger partial charge in [-0.2, -0.15) is 0 Å². The Hall–Kier alpha value is -2.29. The highest BCUT2D eigenvalue weighted by atomic mass is 16.3. The zero-order valence-electron chi connectivity index (χ0n) is 11.9. The SMILES string of the molecule is O=c1c(CC=Cc2ccccc2)c(O)ccn1CC1CC1. The Balaban J connectivity index is 1.77. The molecule has 2 aromatic rings. The predicted molar refractivity (Wildman–Crippen MR) is 84.3 cm³/mol. The topological polar surface area (TPSA) is 42.2 Å². The molecule has 1 aromatic carbocycles. The smallest absolute Gasteiger partial charge is 0.257 e. The summed E-state index contributed by atoms with van der Waals surface area (Å²) in [5.74, 6) is 0.727. The van der Waals surface area contributed by atoms with Crippen LogP contribution >= 0.6 is 0 Å². The number of aromatic hydroxyl groups is 1. The third-order valence-electron chi connectivity index (χ3n) is 3.82. The lowest BCUT2D eigenvalue weighted by molar-refractivity contribution is 0.462. The van der Waals surface area contributed by atoms with E-state index in [0.717, 1.165) is 12.1 Å². The zero-order chi connectivity index (χ0) is 14.7. The van der Waals surface area contributed by atoms with E-state index < -0.39 is 0 Å². The van der Waals surface area contributed by atoms with Gasteiger partial charge in [-0.3, -0.25) is 4.79 Å². The monoisotopic (exact) mass is 281 g/mol. The van der Waals surface area contributed by atoms with Crippen molar-refractivity contribution in [3.8, 4) is 5.75 Å². The fourth-order valence-corrected chi connectivity index (χ4v) is 2.40. The maximum absolute atomic E-state index is 12.4. The molecule has 0 spiro atoms. The normalized spacial score (nSPS) is 14.7. The zero-order valence-corrected chi connectivity index (χ0v) is 11.9. The molecule has 1 N–H and O–H groups in total. The molecule has 0 aliphatic heterocycles. The molecule has 0 bridgehead atoms. The number of nitrogens with zero attached hydrogens (tertiary/aromatic N) is 1. The van der Waals surface area contributed by atoms with E-state index in [1.165, 1.54) is 12.8 Å². The molecular weight excluding hydrogens is 262 g/mol. The van der Waals surface area contributed by atoms with Crippen LogP contribution in [0.25, 0.3) is 6.08 Å². The van der Waals surface area contributed by atoms with Crippen LogP contribution in [0.5, 0.6) is 5.75 Å². The van der Waals surface area contributed by atoms with Gasteiger partial charge in [-0.15, -0.1) is 0 Å². The minimum Gasteiger partial charge on any atom is -0.507 e. The highest BCUT2D eigenvalue weighted by Gasteiger charge is 2.22. The van der Waals surface area contributed by atoms with E-state index in [4.69, 9.17) is 0 Å². The molecule has 1 heterocycles. The molecule has 0 atom stereocenters. The Morgan fingerprint density at radius 2 is 1.95 bits per heavy atom. The van der Waals surface area contributed by atoms with E-state index in [1.807, 2.05) is 42.5 Å². The summed E-state index contributed by atoms with van der Waals surface area (Å²) in [5, 5.41) is 9.92. The molecule has 0 amide bonds. The Bertz CT molecular complexity index is 697. The van der Waals surface area contributed by atoms with Gasteiger partial charge in [0.1, 0.15) is 5.75 Å². The van der Waals surface area contributed by atoms with E-state index in [9.17, 15) is 9.90 Å². The summed E-state index contributed by atoms with van der Waals surface area (Å²) in [6.45, 7) is 0.772. The van der Waals surface area contributed by atoms with Gasteiger partial charge >= 0.3 is 0 Å². The Morgan fingerprint density at radius 1 is 1.19 bits per heavy atom. The molecule has 108 valence electrons. The molecule has 1 fully saturated rings. The van der Waals surface area contributed by atoms with E-state index in [2.05, 4.69) is 0 Å². The molecule has 0 unspecified atom stereocenters. The average molecular weight is 281 g/mol. The van der Waals surface area contributed by atoms with E-state index >= 15 is 0 Å². The van der Waals surface area contributed by atoms with Gasteiger partial charge in [0.05, 0.1) is 5.56 Å². The highest BCUT2D eigenvalue weighted by Crippen LogP contribution is 2.30. The van der Waals surface area contributed by atoms with Gasteiger partial charge in [0, 0.05) is 12.7 Å². The van der Waals surface area contributed by atoms with Gasteiger partial charge < -0.3 is 9.67 Å². The average Bonchev–Trinajstić information content (AvgIpc) is 3.31. The molecule has 0 radical (unpaired) electrons. The predicted octanol–water partition coefficient (Wildman–Crippen LogP) is 3.22. The van der Waals surface area contributed by atoms with Crippen LogP contribution in [-0.4, -0.2) is 9.67 Å². The molecule has 3 rings (SSSR count). The van der Waals surface area contributed by atoms with Crippen LogP contribution in [0.15, 0.2) is 53.5 Å². The number of hydrogen-bond donors (Lipinski definition) is 1. The Kier molecular flexibility index (Phi) is 3.91. The second-order valence-electron chi connectivity index (χ2n) is 5.60. The lowest BCUT2D eigenvalue weighted by atomic mass is 10.1. The molecule has 3 nitrogen and oxygen atoms in total. The van der Waals surface area contributed by atoms with Crippen LogP contribution in [0, 0.1) is 5.92 Å². The fourth-order valence-electron chi connectivity index (χ4n) is 2.40. The number of hydrogen-bond acceptors (Lipinski definition) is 2. The summed E-state index contributed by atoms with van der Waals surface area (Å²) >= 11 is 0. The van der Waals surface area contributed by atoms with Crippen LogP contribution < -0.4 is 5.56 Å². The summed E-state index contributed by atoms with van der Waals surface area (Å²) in [6, 6.07) is 11.6. The van der Waals surface area contributed by atoms with Gasteiger partial charge in [-0.25, -0.2) is 0 Å². The maximum atomic E-state index is 12.4. The second kappa shape index (κ2) is 6.00. The first-order valence-electron chi connectivity index (χ1n) is 7.37. The van der Waals surface area contributed by atoms with Crippen LogP contribution in [0.3, 0.4) is 0 Å². The molecular formula is C18H19NO2. The van der Waals surface area contributed by atoms with Gasteiger partial charge in [0.15, 0.2) is 0 Å². The lowest BCUT2D eigenvalue weighted by Crippen LogP contribution is -2.23. The van der Waals surface area contributed by atoms with Gasteiger partial charge in [0.2, 0.25) is 0 Å². The van der Waals surface area contributed by atoms with Crippen molar-refractivity contribution in [1.82, 2.24) is 4.57 Å². The Labute approximate surface area is 124 Å². The van der Waals surface area contributed by atoms with Crippen LogP contribution in [0.1, 0.15) is 24.0 Å². The maximum Gasteiger partial charge on any atom is 0.257 e. The Morgan fingerprint density at radius 3 is 2.67 bits per heavy atom. The van der Waals surface area contributed by atoms with E-state index in [0.29, 0.717) is 17.9 Å². The molecule has 1 aliphatic rings. The number of aromatic nitrogens is 1. The van der Waals surface area contributed by atoms with Crippen LogP contribution in [0.4, 0.5) is 0 Å². The van der Waals surface area contributed by atoms with Crippen molar-refractivity contribution in [3.05, 3.63) is 70.2 Å². The quantitative estimate of drug-likeness (QED) is 0.914. The minimum absolute atomic E-state index is 0.0698. The number of allylic oxidation sites excluding steroid dienone is 1. The third kappa shape index (κ3) is 3.43. The molecule has 1 aliphatic carbocycles. The second-order valence-corrected chi connectivity index (χ2v) is 5.60. The summed E-state index contributed by atoms with van der Waals surface area (Å²) in [7, 11) is 0. The summed E-state index contributed by atoms with van der Waals surface area (Å²) in [6.07, 6.45) is 8.45. The van der Waals surface area contributed by atoms with Crippen molar-refractivity contribution in [2.45, 2.75) is 25.8 Å². The van der Waals surface area contributed by atoms with Crippen LogP contribution in [-0.2, 0) is 13.0 Å². The third-order valence-corrected chi connectivity index (χ3v) is 3.82. The first kappa shape index (κ1) is 13.7. The number of pyridine rings is 1. The molecule has 1 saturated carbocycles. The lowest BCUT2D eigenvalue weighted by Gasteiger charge is -2.08. The first-order chi connectivity index (χ1) is 10.2. The molecule has 3 heteroatoms. The number of benzene rings is 1. The number of rotatable bonds is 5. The minimum atomic E-state index is -0.0698. The molecule has 1 aromatic heterocycles. The van der Waals surface area contributed by atoms with E-state index in [-0.39, 0.29) is 11.3 Å². The van der Waals surface area contributed by atoms with Crippen molar-refractivity contribution < 1.29 is 5.11 Å². The van der Waals surface area contributed by atoms with Crippen molar-refractivity contribution in [2.75, 3.05) is 0 Å². The van der Waals surface area contributed by atoms with E-state index in [1.54, 1.807) is 16.8 Å². The summed E-state index contributed by atoms with van der Waals surface area (Å²) in [5.41, 5.74) is 1.50. The first-order valence-corrected chi connectivity index (χ1v) is 7.37. The summed E-state index contributed by atoms with van der Waals surface area (Å²) < 4.78 is 1.73. The molecule has 0 saturated heterocycles. The standard InChI is InChI=1S/C18H19NO2/c20-17-11-12-19(13-15-9-10-15)18(21)16(17)8-4-7-14-5-2-1-3-6-14/h1-7,11-12,15,20H,8-10,13H2. The van der Waals surface area contributed by atoms with Crippen molar-refractivity contribution >= 4 is 6.08 Å². The summed E-state index contributed by atoms with van der Waals surface area (Å²) in [4.78, 5) is 12.4. The molecule has 21 heavy (non-hydrogen) atoms.